The van der Waals surface area contributed by atoms with Gasteiger partial charge in [0.1, 0.15) is 12.4 Å². The summed E-state index contributed by atoms with van der Waals surface area (Å²) in [7, 11) is 1.57. The Morgan fingerprint density at radius 3 is 2.69 bits per heavy atom. The highest BCUT2D eigenvalue weighted by Gasteiger charge is 2.14. The van der Waals surface area contributed by atoms with Gasteiger partial charge >= 0.3 is 0 Å². The average molecular weight is 353 g/mol. The number of hydrogen-bond acceptors (Lipinski definition) is 4. The molecule has 2 aromatic carbocycles. The third kappa shape index (κ3) is 4.17. The van der Waals surface area contributed by atoms with Gasteiger partial charge in [-0.3, -0.25) is 4.79 Å². The van der Waals surface area contributed by atoms with E-state index < -0.39 is 0 Å². The number of carbonyl (C=O) groups excluding carboxylic acids is 1. The number of fused-ring (bicyclic) bond motifs is 1. The van der Waals surface area contributed by atoms with Crippen LogP contribution in [0, 0.1) is 0 Å². The van der Waals surface area contributed by atoms with Crippen LogP contribution in [0.5, 0.6) is 11.5 Å². The molecule has 0 spiro atoms. The number of hydrogen-bond donors (Lipinski definition) is 1. The molecule has 26 heavy (non-hydrogen) atoms. The molecular formula is C21H23NO4. The van der Waals surface area contributed by atoms with Gasteiger partial charge in [0.2, 0.25) is 0 Å². The Bertz CT molecular complexity index is 867. The smallest absolute Gasteiger partial charge is 0.287 e. The quantitative estimate of drug-likeness (QED) is 0.617. The average Bonchev–Trinajstić information content (AvgIpc) is 3.11. The second kappa shape index (κ2) is 8.43. The summed E-state index contributed by atoms with van der Waals surface area (Å²) >= 11 is 0. The van der Waals surface area contributed by atoms with Crippen molar-refractivity contribution in [2.45, 2.75) is 19.8 Å². The van der Waals surface area contributed by atoms with Crippen LogP contribution >= 0.6 is 0 Å². The Morgan fingerprint density at radius 2 is 1.96 bits per heavy atom. The summed E-state index contributed by atoms with van der Waals surface area (Å²) in [5.41, 5.74) is 1.87. The number of furan rings is 1. The summed E-state index contributed by atoms with van der Waals surface area (Å²) in [6, 6.07) is 15.3. The van der Waals surface area contributed by atoms with Gasteiger partial charge in [0, 0.05) is 5.39 Å². The second-order valence-corrected chi connectivity index (χ2v) is 5.99. The number of methoxy groups -OCH3 is 1. The molecule has 0 saturated carbocycles. The molecule has 0 aliphatic heterocycles. The van der Waals surface area contributed by atoms with Crippen molar-refractivity contribution in [2.24, 2.45) is 0 Å². The highest BCUT2D eigenvalue weighted by atomic mass is 16.5. The number of rotatable bonds is 8. The van der Waals surface area contributed by atoms with Crippen LogP contribution < -0.4 is 14.8 Å². The van der Waals surface area contributed by atoms with Crippen LogP contribution in [0.2, 0.25) is 0 Å². The van der Waals surface area contributed by atoms with Gasteiger partial charge in [-0.25, -0.2) is 0 Å². The molecule has 136 valence electrons. The number of carbonyl (C=O) groups is 1. The van der Waals surface area contributed by atoms with Gasteiger partial charge in [0.15, 0.2) is 17.1 Å². The molecule has 0 fully saturated rings. The van der Waals surface area contributed by atoms with Crippen LogP contribution in [0.1, 0.15) is 29.5 Å². The molecule has 0 saturated heterocycles. The lowest BCUT2D eigenvalue weighted by Crippen LogP contribution is -2.27. The lowest BCUT2D eigenvalue weighted by atomic mass is 10.1. The predicted molar refractivity (Wildman–Crippen MR) is 101 cm³/mol. The minimum Gasteiger partial charge on any atom is -0.493 e. The minimum absolute atomic E-state index is 0.258. The largest absolute Gasteiger partial charge is 0.493 e. The van der Waals surface area contributed by atoms with Crippen molar-refractivity contribution in [2.75, 3.05) is 20.3 Å². The number of aryl methyl sites for hydroxylation is 1. The summed E-state index contributed by atoms with van der Waals surface area (Å²) in [6.45, 7) is 2.94. The molecule has 0 unspecified atom stereocenters. The number of para-hydroxylation sites is 1. The molecule has 1 aromatic heterocycles. The Labute approximate surface area is 152 Å². The van der Waals surface area contributed by atoms with E-state index in [-0.39, 0.29) is 11.7 Å². The number of nitrogens with one attached hydrogen (secondary N) is 1. The molecule has 3 rings (SSSR count). The Morgan fingerprint density at radius 1 is 1.15 bits per heavy atom. The predicted octanol–water partition coefficient (Wildman–Crippen LogP) is 4.20. The van der Waals surface area contributed by atoms with Crippen molar-refractivity contribution >= 4 is 16.9 Å². The van der Waals surface area contributed by atoms with E-state index in [2.05, 4.69) is 24.4 Å². The first-order valence-electron chi connectivity index (χ1n) is 8.77. The van der Waals surface area contributed by atoms with Gasteiger partial charge in [-0.05, 0) is 36.2 Å². The SMILES string of the molecule is CCCc1ccc(OCCNC(=O)c2cc3cccc(OC)c3o2)cc1. The zero-order chi connectivity index (χ0) is 18.4. The molecule has 1 amide bonds. The van der Waals surface area contributed by atoms with Crippen LogP contribution in [-0.4, -0.2) is 26.2 Å². The zero-order valence-corrected chi connectivity index (χ0v) is 15.1. The highest BCUT2D eigenvalue weighted by Crippen LogP contribution is 2.28. The molecule has 0 aliphatic carbocycles. The van der Waals surface area contributed by atoms with Gasteiger partial charge in [-0.2, -0.15) is 0 Å². The normalized spacial score (nSPS) is 10.7. The molecule has 1 heterocycles. The molecule has 0 aliphatic rings. The van der Waals surface area contributed by atoms with Crippen LogP contribution in [0.4, 0.5) is 0 Å². The van der Waals surface area contributed by atoms with Crippen molar-refractivity contribution in [3.05, 3.63) is 59.9 Å². The molecule has 0 radical (unpaired) electrons. The Kier molecular flexibility index (Phi) is 5.79. The van der Waals surface area contributed by atoms with Crippen molar-refractivity contribution in [3.8, 4) is 11.5 Å². The maximum atomic E-state index is 12.2. The number of benzene rings is 2. The van der Waals surface area contributed by atoms with Gasteiger partial charge in [0.05, 0.1) is 13.7 Å². The minimum atomic E-state index is -0.273. The van der Waals surface area contributed by atoms with E-state index in [1.54, 1.807) is 19.2 Å². The van der Waals surface area contributed by atoms with Crippen LogP contribution in [-0.2, 0) is 6.42 Å². The summed E-state index contributed by atoms with van der Waals surface area (Å²) < 4.78 is 16.5. The first kappa shape index (κ1) is 17.9. The van der Waals surface area contributed by atoms with E-state index in [9.17, 15) is 4.79 Å². The van der Waals surface area contributed by atoms with Crippen molar-refractivity contribution in [1.82, 2.24) is 5.32 Å². The fourth-order valence-corrected chi connectivity index (χ4v) is 2.77. The van der Waals surface area contributed by atoms with Crippen molar-refractivity contribution < 1.29 is 18.7 Å². The first-order valence-corrected chi connectivity index (χ1v) is 8.77. The van der Waals surface area contributed by atoms with E-state index >= 15 is 0 Å². The van der Waals surface area contributed by atoms with E-state index in [0.29, 0.717) is 24.5 Å². The number of amides is 1. The molecule has 0 bridgehead atoms. The molecule has 0 atom stereocenters. The third-order valence-electron chi connectivity index (χ3n) is 4.07. The van der Waals surface area contributed by atoms with Gasteiger partial charge < -0.3 is 19.2 Å². The van der Waals surface area contributed by atoms with E-state index in [4.69, 9.17) is 13.9 Å². The summed E-state index contributed by atoms with van der Waals surface area (Å²) in [4.78, 5) is 12.2. The summed E-state index contributed by atoms with van der Waals surface area (Å²) in [5.74, 6) is 1.39. The molecule has 5 heteroatoms. The van der Waals surface area contributed by atoms with E-state index in [1.807, 2.05) is 24.3 Å². The molecule has 5 nitrogen and oxygen atoms in total. The van der Waals surface area contributed by atoms with Crippen molar-refractivity contribution in [1.29, 1.82) is 0 Å². The summed E-state index contributed by atoms with van der Waals surface area (Å²) in [6.07, 6.45) is 2.19. The molecular weight excluding hydrogens is 330 g/mol. The van der Waals surface area contributed by atoms with Gasteiger partial charge in [0.25, 0.3) is 5.91 Å². The lowest BCUT2D eigenvalue weighted by molar-refractivity contribution is 0.0921. The third-order valence-corrected chi connectivity index (χ3v) is 4.07. The fraction of sp³-hybridized carbons (Fsp3) is 0.286. The lowest BCUT2D eigenvalue weighted by Gasteiger charge is -2.07. The second-order valence-electron chi connectivity index (χ2n) is 5.99. The highest BCUT2D eigenvalue weighted by molar-refractivity contribution is 5.97. The van der Waals surface area contributed by atoms with E-state index in [1.165, 1.54) is 5.56 Å². The summed E-state index contributed by atoms with van der Waals surface area (Å²) in [5, 5.41) is 3.63. The zero-order valence-electron chi connectivity index (χ0n) is 15.1. The van der Waals surface area contributed by atoms with Crippen LogP contribution in [0.25, 0.3) is 11.0 Å². The molecule has 1 N–H and O–H groups in total. The Balaban J connectivity index is 1.51. The standard InChI is InChI=1S/C21H23NO4/c1-3-5-15-8-10-17(11-9-15)25-13-12-22-21(23)19-14-16-6-4-7-18(24-2)20(16)26-19/h4,6-11,14H,3,5,12-13H2,1-2H3,(H,22,23). The van der Waals surface area contributed by atoms with Crippen LogP contribution in [0.15, 0.2) is 52.9 Å². The first-order chi connectivity index (χ1) is 12.7. The number of ether oxygens (including phenoxy) is 2. The Hall–Kier alpha value is -2.95. The topological polar surface area (TPSA) is 60.7 Å². The maximum Gasteiger partial charge on any atom is 0.287 e. The fourth-order valence-electron chi connectivity index (χ4n) is 2.77. The van der Waals surface area contributed by atoms with Crippen LogP contribution in [0.3, 0.4) is 0 Å². The van der Waals surface area contributed by atoms with Crippen molar-refractivity contribution in [3.63, 3.8) is 0 Å². The van der Waals surface area contributed by atoms with Gasteiger partial charge in [-0.15, -0.1) is 0 Å². The molecule has 3 aromatic rings. The van der Waals surface area contributed by atoms with Gasteiger partial charge in [-0.1, -0.05) is 37.6 Å². The maximum absolute atomic E-state index is 12.2. The monoisotopic (exact) mass is 353 g/mol. The van der Waals surface area contributed by atoms with E-state index in [0.717, 1.165) is 24.0 Å².